The van der Waals surface area contributed by atoms with E-state index in [2.05, 4.69) is 10.2 Å². The van der Waals surface area contributed by atoms with Gasteiger partial charge in [-0.15, -0.1) is 0 Å². The van der Waals surface area contributed by atoms with E-state index in [4.69, 9.17) is 4.74 Å². The van der Waals surface area contributed by atoms with Gasteiger partial charge in [0.1, 0.15) is 0 Å². The highest BCUT2D eigenvalue weighted by atomic mass is 16.5. The molecule has 0 saturated carbocycles. The molecule has 0 aliphatic carbocycles. The van der Waals surface area contributed by atoms with Gasteiger partial charge >= 0.3 is 5.97 Å². The lowest BCUT2D eigenvalue weighted by molar-refractivity contribution is -0.141. The summed E-state index contributed by atoms with van der Waals surface area (Å²) in [6.07, 6.45) is 3.95. The smallest absolute Gasteiger partial charge is 0.307 e. The number of hydrogen-bond acceptors (Lipinski definition) is 4. The van der Waals surface area contributed by atoms with Crippen molar-refractivity contribution in [2.24, 2.45) is 0 Å². The third-order valence-electron chi connectivity index (χ3n) is 5.18. The maximum absolute atomic E-state index is 12.7. The number of rotatable bonds is 7. The summed E-state index contributed by atoms with van der Waals surface area (Å²) >= 11 is 0. The van der Waals surface area contributed by atoms with Crippen LogP contribution in [0.1, 0.15) is 53.2 Å². The second kappa shape index (κ2) is 10.0. The predicted octanol–water partition coefficient (Wildman–Crippen LogP) is 3.71. The van der Waals surface area contributed by atoms with Crippen LogP contribution in [0.5, 0.6) is 0 Å². The Balaban J connectivity index is 1.64. The summed E-state index contributed by atoms with van der Waals surface area (Å²) < 4.78 is 4.78. The number of methoxy groups -OCH3 is 1. The Morgan fingerprint density at radius 1 is 1.00 bits per heavy atom. The number of nitrogens with one attached hydrogen (secondary N) is 1. The van der Waals surface area contributed by atoms with E-state index in [1.807, 2.05) is 54.6 Å². The fourth-order valence-electron chi connectivity index (χ4n) is 3.57. The van der Waals surface area contributed by atoms with Crippen molar-refractivity contribution in [2.45, 2.75) is 38.3 Å². The quantitative estimate of drug-likeness (QED) is 0.744. The first kappa shape index (κ1) is 20.1. The molecule has 1 unspecified atom stereocenters. The number of hydrogen-bond donors (Lipinski definition) is 1. The molecule has 28 heavy (non-hydrogen) atoms. The standard InChI is InChI=1S/C23H28N2O3/c1-28-22(26)16-21(19-8-4-2-5-9-19)24-23(27)20-12-10-18(11-13-20)17-25-14-6-3-7-15-25/h2,4-5,8-13,21H,3,6-7,14-17H2,1H3,(H,24,27). The normalized spacial score (nSPS) is 15.6. The van der Waals surface area contributed by atoms with Crippen LogP contribution >= 0.6 is 0 Å². The molecule has 1 heterocycles. The summed E-state index contributed by atoms with van der Waals surface area (Å²) in [5.74, 6) is -0.548. The number of ether oxygens (including phenoxy) is 1. The van der Waals surface area contributed by atoms with Crippen LogP contribution < -0.4 is 5.32 Å². The van der Waals surface area contributed by atoms with E-state index in [-0.39, 0.29) is 18.3 Å². The van der Waals surface area contributed by atoms with Crippen molar-refractivity contribution in [1.82, 2.24) is 10.2 Å². The van der Waals surface area contributed by atoms with E-state index in [1.54, 1.807) is 0 Å². The molecule has 1 aliphatic heterocycles. The zero-order valence-corrected chi connectivity index (χ0v) is 16.4. The molecule has 148 valence electrons. The van der Waals surface area contributed by atoms with Crippen molar-refractivity contribution in [3.8, 4) is 0 Å². The van der Waals surface area contributed by atoms with Gasteiger partial charge in [-0.05, 0) is 49.2 Å². The monoisotopic (exact) mass is 380 g/mol. The van der Waals surface area contributed by atoms with Crippen molar-refractivity contribution < 1.29 is 14.3 Å². The van der Waals surface area contributed by atoms with Gasteiger partial charge in [-0.25, -0.2) is 0 Å². The molecule has 1 amide bonds. The maximum Gasteiger partial charge on any atom is 0.307 e. The lowest BCUT2D eigenvalue weighted by atomic mass is 10.0. The van der Waals surface area contributed by atoms with E-state index >= 15 is 0 Å². The van der Waals surface area contributed by atoms with E-state index in [1.165, 1.54) is 31.9 Å². The second-order valence-corrected chi connectivity index (χ2v) is 7.25. The molecule has 1 atom stereocenters. The van der Waals surface area contributed by atoms with Gasteiger partial charge in [-0.2, -0.15) is 0 Å². The van der Waals surface area contributed by atoms with Crippen LogP contribution in [0.15, 0.2) is 54.6 Å². The second-order valence-electron chi connectivity index (χ2n) is 7.25. The number of amides is 1. The minimum absolute atomic E-state index is 0.0965. The number of likely N-dealkylation sites (tertiary alicyclic amines) is 1. The van der Waals surface area contributed by atoms with Gasteiger partial charge in [0.2, 0.25) is 0 Å². The minimum Gasteiger partial charge on any atom is -0.469 e. The van der Waals surface area contributed by atoms with E-state index < -0.39 is 6.04 Å². The molecule has 1 aliphatic rings. The SMILES string of the molecule is COC(=O)CC(NC(=O)c1ccc(CN2CCCCC2)cc1)c1ccccc1. The van der Waals surface area contributed by atoms with Gasteiger partial charge < -0.3 is 10.1 Å². The van der Waals surface area contributed by atoms with Crippen LogP contribution in [0.4, 0.5) is 0 Å². The number of carbonyl (C=O) groups is 2. The largest absolute Gasteiger partial charge is 0.469 e. The van der Waals surface area contributed by atoms with Gasteiger partial charge in [0.05, 0.1) is 19.6 Å². The molecule has 2 aromatic rings. The summed E-state index contributed by atoms with van der Waals surface area (Å²) in [7, 11) is 1.35. The zero-order valence-electron chi connectivity index (χ0n) is 16.4. The van der Waals surface area contributed by atoms with Gasteiger partial charge in [0.25, 0.3) is 5.91 Å². The summed E-state index contributed by atoms with van der Waals surface area (Å²) in [5.41, 5.74) is 2.68. The van der Waals surface area contributed by atoms with Gasteiger partial charge in [-0.3, -0.25) is 14.5 Å². The van der Waals surface area contributed by atoms with Crippen LogP contribution in [-0.2, 0) is 16.1 Å². The molecular weight excluding hydrogens is 352 g/mol. The van der Waals surface area contributed by atoms with Gasteiger partial charge in [-0.1, -0.05) is 48.9 Å². The van der Waals surface area contributed by atoms with Crippen LogP contribution in [0.2, 0.25) is 0 Å². The van der Waals surface area contributed by atoms with Crippen LogP contribution in [0.3, 0.4) is 0 Å². The fourth-order valence-corrected chi connectivity index (χ4v) is 3.57. The van der Waals surface area contributed by atoms with Crippen molar-refractivity contribution in [2.75, 3.05) is 20.2 Å². The molecular formula is C23H28N2O3. The van der Waals surface area contributed by atoms with Crippen molar-refractivity contribution >= 4 is 11.9 Å². The van der Waals surface area contributed by atoms with Gasteiger partial charge in [0.15, 0.2) is 0 Å². The van der Waals surface area contributed by atoms with E-state index in [9.17, 15) is 9.59 Å². The summed E-state index contributed by atoms with van der Waals surface area (Å²) in [4.78, 5) is 27.0. The fraction of sp³-hybridized carbons (Fsp3) is 0.391. The molecule has 0 spiro atoms. The predicted molar refractivity (Wildman–Crippen MR) is 109 cm³/mol. The van der Waals surface area contributed by atoms with Crippen molar-refractivity contribution in [1.29, 1.82) is 0 Å². The number of nitrogens with zero attached hydrogens (tertiary/aromatic N) is 1. The average molecular weight is 380 g/mol. The first-order valence-electron chi connectivity index (χ1n) is 9.89. The Hall–Kier alpha value is -2.66. The molecule has 5 nitrogen and oxygen atoms in total. The molecule has 1 N–H and O–H groups in total. The Morgan fingerprint density at radius 3 is 2.32 bits per heavy atom. The van der Waals surface area contributed by atoms with E-state index in [0.29, 0.717) is 5.56 Å². The molecule has 5 heteroatoms. The number of esters is 1. The Labute approximate surface area is 166 Å². The number of piperidine rings is 1. The van der Waals surface area contributed by atoms with Crippen LogP contribution in [0.25, 0.3) is 0 Å². The summed E-state index contributed by atoms with van der Waals surface area (Å²) in [6.45, 7) is 3.22. The highest BCUT2D eigenvalue weighted by molar-refractivity contribution is 5.94. The van der Waals surface area contributed by atoms with Crippen molar-refractivity contribution in [3.05, 3.63) is 71.3 Å². The Morgan fingerprint density at radius 2 is 1.68 bits per heavy atom. The molecule has 0 bridgehead atoms. The minimum atomic E-state index is -0.422. The number of carbonyl (C=O) groups excluding carboxylic acids is 2. The lowest BCUT2D eigenvalue weighted by Crippen LogP contribution is -2.30. The highest BCUT2D eigenvalue weighted by Crippen LogP contribution is 2.19. The topological polar surface area (TPSA) is 58.6 Å². The summed E-state index contributed by atoms with van der Waals surface area (Å²) in [6, 6.07) is 16.8. The first-order chi connectivity index (χ1) is 13.7. The molecule has 1 saturated heterocycles. The third-order valence-corrected chi connectivity index (χ3v) is 5.18. The third kappa shape index (κ3) is 5.67. The maximum atomic E-state index is 12.7. The Kier molecular flexibility index (Phi) is 7.20. The number of benzene rings is 2. The van der Waals surface area contributed by atoms with E-state index in [0.717, 1.165) is 25.2 Å². The molecule has 0 aromatic heterocycles. The average Bonchev–Trinajstić information content (AvgIpc) is 2.75. The molecule has 0 radical (unpaired) electrons. The first-order valence-corrected chi connectivity index (χ1v) is 9.89. The van der Waals surface area contributed by atoms with Crippen molar-refractivity contribution in [3.63, 3.8) is 0 Å². The Bertz CT molecular complexity index is 768. The molecule has 1 fully saturated rings. The van der Waals surface area contributed by atoms with Crippen LogP contribution in [-0.4, -0.2) is 37.0 Å². The molecule has 2 aromatic carbocycles. The highest BCUT2D eigenvalue weighted by Gasteiger charge is 2.19. The zero-order chi connectivity index (χ0) is 19.8. The van der Waals surface area contributed by atoms with Gasteiger partial charge in [0, 0.05) is 12.1 Å². The lowest BCUT2D eigenvalue weighted by Gasteiger charge is -2.26. The van der Waals surface area contributed by atoms with Crippen LogP contribution in [0, 0.1) is 0 Å². The summed E-state index contributed by atoms with van der Waals surface area (Å²) in [5, 5.41) is 2.97. The molecule has 3 rings (SSSR count).